The summed E-state index contributed by atoms with van der Waals surface area (Å²) in [5.74, 6) is 0. The molecular weight excluding hydrogens is 365 g/mol. The summed E-state index contributed by atoms with van der Waals surface area (Å²) in [6.07, 6.45) is 0. The van der Waals surface area contributed by atoms with E-state index in [1.165, 1.54) is 0 Å². The summed E-state index contributed by atoms with van der Waals surface area (Å²) in [6, 6.07) is 8.15. The normalized spacial score (nSPS) is 19.0. The summed E-state index contributed by atoms with van der Waals surface area (Å²) < 4.78 is 1.06. The number of amides is 2. The van der Waals surface area contributed by atoms with Gasteiger partial charge in [0.15, 0.2) is 0 Å². The van der Waals surface area contributed by atoms with Crippen molar-refractivity contribution in [3.05, 3.63) is 27.8 Å². The Hall–Kier alpha value is -0.530. The van der Waals surface area contributed by atoms with E-state index in [1.54, 1.807) is 0 Å². The van der Waals surface area contributed by atoms with Crippen molar-refractivity contribution in [1.82, 2.24) is 10.2 Å². The van der Waals surface area contributed by atoms with Gasteiger partial charge in [0.05, 0.1) is 5.69 Å². The molecule has 1 aromatic carbocycles. The molecule has 0 aromatic heterocycles. The highest BCUT2D eigenvalue weighted by Crippen LogP contribution is 2.17. The molecule has 0 radical (unpaired) electrons. The highest BCUT2D eigenvalue weighted by molar-refractivity contribution is 14.1. The van der Waals surface area contributed by atoms with Gasteiger partial charge in [-0.3, -0.25) is 0 Å². The zero-order chi connectivity index (χ0) is 12.3. The van der Waals surface area contributed by atoms with Crippen LogP contribution in [0.15, 0.2) is 24.3 Å². The Morgan fingerprint density at radius 2 is 2.22 bits per heavy atom. The average molecular weight is 382 g/mol. The molecule has 0 unspecified atom stereocenters. The SMILES string of the molecule is C[C@@H]1CN(C(=O)Nc2ccccc2I)CCN1.Cl. The second-order valence-electron chi connectivity index (χ2n) is 4.21. The molecule has 1 aliphatic heterocycles. The van der Waals surface area contributed by atoms with Crippen molar-refractivity contribution in [2.24, 2.45) is 0 Å². The lowest BCUT2D eigenvalue weighted by Gasteiger charge is -2.31. The van der Waals surface area contributed by atoms with E-state index < -0.39 is 0 Å². The Kier molecular flexibility index (Phi) is 6.17. The number of hydrogen-bond donors (Lipinski definition) is 2. The zero-order valence-electron chi connectivity index (χ0n) is 10.1. The molecule has 1 atom stereocenters. The molecule has 2 rings (SSSR count). The molecular formula is C12H17ClIN3O. The van der Waals surface area contributed by atoms with Crippen LogP contribution >= 0.6 is 35.0 Å². The van der Waals surface area contributed by atoms with Crippen molar-refractivity contribution in [3.8, 4) is 0 Å². The molecule has 2 amide bonds. The number of piperazine rings is 1. The van der Waals surface area contributed by atoms with Gasteiger partial charge in [-0.15, -0.1) is 12.4 Å². The first-order valence-corrected chi connectivity index (χ1v) is 6.78. The Labute approximate surface area is 127 Å². The maximum atomic E-state index is 12.0. The minimum Gasteiger partial charge on any atom is -0.322 e. The third-order valence-electron chi connectivity index (χ3n) is 2.77. The highest BCUT2D eigenvalue weighted by Gasteiger charge is 2.20. The van der Waals surface area contributed by atoms with Crippen LogP contribution < -0.4 is 10.6 Å². The van der Waals surface area contributed by atoms with E-state index in [9.17, 15) is 4.79 Å². The van der Waals surface area contributed by atoms with E-state index in [2.05, 4.69) is 40.1 Å². The van der Waals surface area contributed by atoms with Gasteiger partial charge in [-0.25, -0.2) is 4.79 Å². The molecule has 6 heteroatoms. The van der Waals surface area contributed by atoms with Gasteiger partial charge < -0.3 is 15.5 Å². The number of anilines is 1. The molecule has 0 aliphatic carbocycles. The Morgan fingerprint density at radius 1 is 1.50 bits per heavy atom. The molecule has 1 fully saturated rings. The lowest BCUT2D eigenvalue weighted by atomic mass is 10.2. The lowest BCUT2D eigenvalue weighted by molar-refractivity contribution is 0.192. The number of urea groups is 1. The van der Waals surface area contributed by atoms with Crippen LogP contribution in [0.4, 0.5) is 10.5 Å². The van der Waals surface area contributed by atoms with Crippen LogP contribution in [0.3, 0.4) is 0 Å². The number of halogens is 2. The minimum absolute atomic E-state index is 0. The van der Waals surface area contributed by atoms with Crippen molar-refractivity contribution < 1.29 is 4.79 Å². The quantitative estimate of drug-likeness (QED) is 0.734. The maximum absolute atomic E-state index is 12.0. The summed E-state index contributed by atoms with van der Waals surface area (Å²) in [5.41, 5.74) is 0.879. The molecule has 100 valence electrons. The largest absolute Gasteiger partial charge is 0.322 e. The van der Waals surface area contributed by atoms with Crippen LogP contribution in [0.1, 0.15) is 6.92 Å². The minimum atomic E-state index is -0.0116. The monoisotopic (exact) mass is 381 g/mol. The topological polar surface area (TPSA) is 44.4 Å². The lowest BCUT2D eigenvalue weighted by Crippen LogP contribution is -2.52. The second-order valence-corrected chi connectivity index (χ2v) is 5.37. The third kappa shape index (κ3) is 4.00. The van der Waals surface area contributed by atoms with Crippen LogP contribution in [-0.4, -0.2) is 36.6 Å². The Morgan fingerprint density at radius 3 is 2.89 bits per heavy atom. The van der Waals surface area contributed by atoms with E-state index >= 15 is 0 Å². The van der Waals surface area contributed by atoms with Crippen molar-refractivity contribution in [2.75, 3.05) is 25.0 Å². The van der Waals surface area contributed by atoms with Gasteiger partial charge >= 0.3 is 6.03 Å². The summed E-state index contributed by atoms with van der Waals surface area (Å²) in [5, 5.41) is 6.27. The van der Waals surface area contributed by atoms with Crippen molar-refractivity contribution in [2.45, 2.75) is 13.0 Å². The van der Waals surface area contributed by atoms with Crippen LogP contribution in [0.25, 0.3) is 0 Å². The van der Waals surface area contributed by atoms with Crippen molar-refractivity contribution in [3.63, 3.8) is 0 Å². The molecule has 0 saturated carbocycles. The average Bonchev–Trinajstić information content (AvgIpc) is 2.32. The molecule has 0 bridgehead atoms. The van der Waals surface area contributed by atoms with Gasteiger partial charge in [-0.05, 0) is 41.6 Å². The maximum Gasteiger partial charge on any atom is 0.321 e. The number of carbonyl (C=O) groups is 1. The van der Waals surface area contributed by atoms with Crippen LogP contribution in [-0.2, 0) is 0 Å². The first kappa shape index (κ1) is 15.5. The highest BCUT2D eigenvalue weighted by atomic mass is 127. The first-order valence-electron chi connectivity index (χ1n) is 5.70. The predicted octanol–water partition coefficient (Wildman–Crippen LogP) is 2.54. The summed E-state index contributed by atoms with van der Waals surface area (Å²) in [6.45, 7) is 4.47. The van der Waals surface area contributed by atoms with Gasteiger partial charge in [-0.1, -0.05) is 12.1 Å². The molecule has 18 heavy (non-hydrogen) atoms. The van der Waals surface area contributed by atoms with Crippen LogP contribution in [0.2, 0.25) is 0 Å². The summed E-state index contributed by atoms with van der Waals surface area (Å²) >= 11 is 2.22. The molecule has 4 nitrogen and oxygen atoms in total. The van der Waals surface area contributed by atoms with E-state index in [4.69, 9.17) is 0 Å². The Balaban J connectivity index is 0.00000162. The number of benzene rings is 1. The number of nitrogens with zero attached hydrogens (tertiary/aromatic N) is 1. The first-order chi connectivity index (χ1) is 8.16. The fraction of sp³-hybridized carbons (Fsp3) is 0.417. The third-order valence-corrected chi connectivity index (χ3v) is 3.71. The predicted molar refractivity (Wildman–Crippen MR) is 84.5 cm³/mol. The molecule has 1 saturated heterocycles. The van der Waals surface area contributed by atoms with E-state index in [-0.39, 0.29) is 18.4 Å². The van der Waals surface area contributed by atoms with Gasteiger partial charge in [0.25, 0.3) is 0 Å². The molecule has 0 spiro atoms. The smallest absolute Gasteiger partial charge is 0.321 e. The molecule has 1 heterocycles. The number of rotatable bonds is 1. The second kappa shape index (κ2) is 7.16. The number of nitrogens with one attached hydrogen (secondary N) is 2. The van der Waals surface area contributed by atoms with Crippen LogP contribution in [0, 0.1) is 3.57 Å². The van der Waals surface area contributed by atoms with Crippen molar-refractivity contribution in [1.29, 1.82) is 0 Å². The number of para-hydroxylation sites is 1. The van der Waals surface area contributed by atoms with E-state index in [1.807, 2.05) is 29.2 Å². The van der Waals surface area contributed by atoms with Gasteiger partial charge in [0.2, 0.25) is 0 Å². The molecule has 1 aromatic rings. The standard InChI is InChI=1S/C12H16IN3O.ClH/c1-9-8-16(7-6-14-9)12(17)15-11-5-3-2-4-10(11)13;/h2-5,9,14H,6-8H2,1H3,(H,15,17);1H/t9-;/m1./s1. The number of hydrogen-bond acceptors (Lipinski definition) is 2. The van der Waals surface area contributed by atoms with Gasteiger partial charge in [0, 0.05) is 29.2 Å². The fourth-order valence-electron chi connectivity index (χ4n) is 1.87. The van der Waals surface area contributed by atoms with E-state index in [0.717, 1.165) is 28.9 Å². The number of carbonyl (C=O) groups excluding carboxylic acids is 1. The van der Waals surface area contributed by atoms with E-state index in [0.29, 0.717) is 6.04 Å². The van der Waals surface area contributed by atoms with Crippen LogP contribution in [0.5, 0.6) is 0 Å². The summed E-state index contributed by atoms with van der Waals surface area (Å²) in [4.78, 5) is 13.9. The molecule has 2 N–H and O–H groups in total. The fourth-order valence-corrected chi connectivity index (χ4v) is 2.40. The molecule has 1 aliphatic rings. The van der Waals surface area contributed by atoms with Gasteiger partial charge in [0.1, 0.15) is 0 Å². The summed E-state index contributed by atoms with van der Waals surface area (Å²) in [7, 11) is 0. The Bertz CT molecular complexity index is 416. The van der Waals surface area contributed by atoms with Crippen molar-refractivity contribution >= 4 is 46.7 Å². The zero-order valence-corrected chi connectivity index (χ0v) is 13.1. The van der Waals surface area contributed by atoms with Gasteiger partial charge in [-0.2, -0.15) is 0 Å².